The van der Waals surface area contributed by atoms with Crippen molar-refractivity contribution in [3.63, 3.8) is 0 Å². The first-order valence-corrected chi connectivity index (χ1v) is 9.58. The van der Waals surface area contributed by atoms with Gasteiger partial charge >= 0.3 is 0 Å². The van der Waals surface area contributed by atoms with Crippen LogP contribution in [0.25, 0.3) is 11.0 Å². The predicted octanol–water partition coefficient (Wildman–Crippen LogP) is 2.28. The number of aromatic nitrogens is 2. The number of hydrogen-bond donors (Lipinski definition) is 3. The van der Waals surface area contributed by atoms with Crippen molar-refractivity contribution in [2.24, 2.45) is 0 Å². The molecule has 6 nitrogen and oxygen atoms in total. The fourth-order valence-corrected chi connectivity index (χ4v) is 3.80. The van der Waals surface area contributed by atoms with E-state index in [9.17, 15) is 9.59 Å². The fraction of sp³-hybridized carbons (Fsp3) is 0.471. The second-order valence-electron chi connectivity index (χ2n) is 6.59. The van der Waals surface area contributed by atoms with Crippen molar-refractivity contribution in [2.45, 2.75) is 37.5 Å². The molecule has 1 aliphatic heterocycles. The van der Waals surface area contributed by atoms with Crippen molar-refractivity contribution >= 4 is 46.2 Å². The zero-order chi connectivity index (χ0) is 18.0. The number of imidazole rings is 1. The monoisotopic (exact) mass is 380 g/mol. The van der Waals surface area contributed by atoms with Gasteiger partial charge in [0.15, 0.2) is 0 Å². The van der Waals surface area contributed by atoms with Gasteiger partial charge in [-0.25, -0.2) is 4.98 Å². The van der Waals surface area contributed by atoms with Gasteiger partial charge in [-0.1, -0.05) is 11.6 Å². The molecule has 1 aromatic heterocycles. The SMILES string of the molecule is CC1(C)SC[C@H](C(=O)NCCCc2nc3ccc(Cl)cc3[nH]2)NC1=O. The van der Waals surface area contributed by atoms with E-state index in [0.717, 1.165) is 29.7 Å². The van der Waals surface area contributed by atoms with E-state index >= 15 is 0 Å². The fourth-order valence-electron chi connectivity index (χ4n) is 2.62. The average molecular weight is 381 g/mol. The number of hydrogen-bond acceptors (Lipinski definition) is 4. The van der Waals surface area contributed by atoms with Crippen LogP contribution in [-0.2, 0) is 16.0 Å². The molecule has 2 amide bonds. The number of nitrogens with one attached hydrogen (secondary N) is 3. The Morgan fingerprint density at radius 1 is 1.48 bits per heavy atom. The molecule has 2 aromatic rings. The van der Waals surface area contributed by atoms with E-state index in [1.165, 1.54) is 11.8 Å². The van der Waals surface area contributed by atoms with Crippen LogP contribution in [0.4, 0.5) is 0 Å². The molecule has 3 rings (SSSR count). The lowest BCUT2D eigenvalue weighted by Gasteiger charge is -2.32. The number of H-pyrrole nitrogens is 1. The van der Waals surface area contributed by atoms with Crippen LogP contribution < -0.4 is 10.6 Å². The van der Waals surface area contributed by atoms with Gasteiger partial charge in [0.25, 0.3) is 0 Å². The van der Waals surface area contributed by atoms with Crippen molar-refractivity contribution in [1.82, 2.24) is 20.6 Å². The lowest BCUT2D eigenvalue weighted by atomic mass is 10.1. The number of carbonyl (C=O) groups is 2. The van der Waals surface area contributed by atoms with E-state index in [4.69, 9.17) is 11.6 Å². The minimum absolute atomic E-state index is 0.0927. The highest BCUT2D eigenvalue weighted by molar-refractivity contribution is 8.01. The highest BCUT2D eigenvalue weighted by Crippen LogP contribution is 2.28. The van der Waals surface area contributed by atoms with Gasteiger partial charge in [-0.15, -0.1) is 11.8 Å². The van der Waals surface area contributed by atoms with Gasteiger partial charge in [-0.2, -0.15) is 0 Å². The van der Waals surface area contributed by atoms with Crippen molar-refractivity contribution in [1.29, 1.82) is 0 Å². The topological polar surface area (TPSA) is 86.9 Å². The van der Waals surface area contributed by atoms with E-state index < -0.39 is 10.8 Å². The molecule has 25 heavy (non-hydrogen) atoms. The third kappa shape index (κ3) is 4.27. The summed E-state index contributed by atoms with van der Waals surface area (Å²) >= 11 is 7.47. The highest BCUT2D eigenvalue weighted by atomic mass is 35.5. The van der Waals surface area contributed by atoms with Gasteiger partial charge in [0, 0.05) is 23.7 Å². The summed E-state index contributed by atoms with van der Waals surface area (Å²) in [7, 11) is 0. The maximum atomic E-state index is 12.2. The van der Waals surface area contributed by atoms with Gasteiger partial charge in [0.2, 0.25) is 11.8 Å². The Bertz CT molecular complexity index is 805. The number of amides is 2. The number of thioether (sulfide) groups is 1. The quantitative estimate of drug-likeness (QED) is 0.694. The van der Waals surface area contributed by atoms with Crippen LogP contribution in [0.1, 0.15) is 26.1 Å². The van der Waals surface area contributed by atoms with Crippen LogP contribution in [0, 0.1) is 0 Å². The van der Waals surface area contributed by atoms with Gasteiger partial charge in [-0.05, 0) is 38.5 Å². The molecule has 3 N–H and O–H groups in total. The summed E-state index contributed by atoms with van der Waals surface area (Å²) in [5, 5.41) is 6.34. The summed E-state index contributed by atoms with van der Waals surface area (Å²) in [6.45, 7) is 4.26. The second-order valence-corrected chi connectivity index (χ2v) is 8.67. The first-order valence-electron chi connectivity index (χ1n) is 8.22. The lowest BCUT2D eigenvalue weighted by molar-refractivity contribution is -0.129. The number of aryl methyl sites for hydroxylation is 1. The minimum Gasteiger partial charge on any atom is -0.354 e. The molecule has 0 bridgehead atoms. The molecular formula is C17H21ClN4O2S. The summed E-state index contributed by atoms with van der Waals surface area (Å²) in [5.41, 5.74) is 1.80. The molecule has 2 heterocycles. The second kappa shape index (κ2) is 7.25. The summed E-state index contributed by atoms with van der Waals surface area (Å²) < 4.78 is -0.471. The Labute approximate surface area is 155 Å². The van der Waals surface area contributed by atoms with Gasteiger partial charge in [0.1, 0.15) is 11.9 Å². The van der Waals surface area contributed by atoms with Crippen molar-refractivity contribution < 1.29 is 9.59 Å². The first-order chi connectivity index (χ1) is 11.8. The molecule has 0 saturated carbocycles. The molecule has 1 aromatic carbocycles. The number of halogens is 1. The standard InChI is InChI=1S/C17H21ClN4O2S/c1-17(2)16(24)22-13(9-25-17)15(23)19-7-3-4-14-20-11-6-5-10(18)8-12(11)21-14/h5-6,8,13H,3-4,7,9H2,1-2H3,(H,19,23)(H,20,21)(H,22,24)/t13-/m1/s1. The van der Waals surface area contributed by atoms with E-state index in [0.29, 0.717) is 17.3 Å². The Hall–Kier alpha value is -1.73. The van der Waals surface area contributed by atoms with Crippen molar-refractivity contribution in [3.05, 3.63) is 29.0 Å². The van der Waals surface area contributed by atoms with Crippen LogP contribution in [0.3, 0.4) is 0 Å². The Morgan fingerprint density at radius 3 is 3.04 bits per heavy atom. The molecule has 1 saturated heterocycles. The lowest BCUT2D eigenvalue weighted by Crippen LogP contribution is -2.57. The zero-order valence-electron chi connectivity index (χ0n) is 14.2. The van der Waals surface area contributed by atoms with Gasteiger partial charge in [0.05, 0.1) is 15.8 Å². The van der Waals surface area contributed by atoms with Crippen LogP contribution in [0.2, 0.25) is 5.02 Å². The van der Waals surface area contributed by atoms with E-state index in [-0.39, 0.29) is 11.8 Å². The molecule has 0 radical (unpaired) electrons. The van der Waals surface area contributed by atoms with E-state index in [1.54, 1.807) is 0 Å². The molecule has 0 spiro atoms. The van der Waals surface area contributed by atoms with Crippen LogP contribution in [0.15, 0.2) is 18.2 Å². The van der Waals surface area contributed by atoms with Gasteiger partial charge < -0.3 is 15.6 Å². The predicted molar refractivity (Wildman–Crippen MR) is 101 cm³/mol. The van der Waals surface area contributed by atoms with E-state index in [1.807, 2.05) is 32.0 Å². The Balaban J connectivity index is 1.45. The summed E-state index contributed by atoms with van der Waals surface area (Å²) in [6.07, 6.45) is 1.49. The minimum atomic E-state index is -0.471. The summed E-state index contributed by atoms with van der Waals surface area (Å²) in [4.78, 5) is 31.8. The molecule has 1 fully saturated rings. The van der Waals surface area contributed by atoms with Crippen LogP contribution in [-0.4, -0.2) is 44.9 Å². The third-order valence-electron chi connectivity index (χ3n) is 4.16. The number of benzene rings is 1. The summed E-state index contributed by atoms with van der Waals surface area (Å²) in [6, 6.07) is 5.08. The molecule has 1 atom stereocenters. The Kier molecular flexibility index (Phi) is 5.24. The highest BCUT2D eigenvalue weighted by Gasteiger charge is 2.37. The average Bonchev–Trinajstić information content (AvgIpc) is 2.95. The number of fused-ring (bicyclic) bond motifs is 1. The molecule has 0 aliphatic carbocycles. The summed E-state index contributed by atoms with van der Waals surface area (Å²) in [5.74, 6) is 1.24. The van der Waals surface area contributed by atoms with Crippen molar-refractivity contribution in [2.75, 3.05) is 12.3 Å². The van der Waals surface area contributed by atoms with Gasteiger partial charge in [-0.3, -0.25) is 9.59 Å². The Morgan fingerprint density at radius 2 is 2.28 bits per heavy atom. The zero-order valence-corrected chi connectivity index (χ0v) is 15.8. The van der Waals surface area contributed by atoms with Crippen molar-refractivity contribution in [3.8, 4) is 0 Å². The third-order valence-corrected chi connectivity index (χ3v) is 5.80. The smallest absolute Gasteiger partial charge is 0.243 e. The maximum Gasteiger partial charge on any atom is 0.243 e. The molecular weight excluding hydrogens is 360 g/mol. The van der Waals surface area contributed by atoms with Crippen LogP contribution in [0.5, 0.6) is 0 Å². The molecule has 8 heteroatoms. The van der Waals surface area contributed by atoms with Crippen LogP contribution >= 0.6 is 23.4 Å². The number of aromatic amines is 1. The molecule has 134 valence electrons. The first kappa shape index (κ1) is 18.1. The number of rotatable bonds is 5. The maximum absolute atomic E-state index is 12.2. The number of carbonyl (C=O) groups excluding carboxylic acids is 2. The molecule has 0 unspecified atom stereocenters. The normalized spacial score (nSPS) is 19.6. The number of nitrogens with zero attached hydrogens (tertiary/aromatic N) is 1. The molecule has 1 aliphatic rings. The van der Waals surface area contributed by atoms with E-state index in [2.05, 4.69) is 20.6 Å². The largest absolute Gasteiger partial charge is 0.354 e.